The van der Waals surface area contributed by atoms with E-state index in [1.807, 2.05) is 0 Å². The van der Waals surface area contributed by atoms with Crippen molar-refractivity contribution in [3.63, 3.8) is 0 Å². The summed E-state index contributed by atoms with van der Waals surface area (Å²) >= 11 is 0. The number of phenolic OH excluding ortho intramolecular Hbond substituents is 1. The van der Waals surface area contributed by atoms with Crippen LogP contribution in [0.15, 0.2) is 17.0 Å². The highest BCUT2D eigenvalue weighted by atomic mass is 32.2. The average molecular weight is 255 g/mol. The molecule has 4 nitrogen and oxygen atoms in total. The second-order valence-corrected chi connectivity index (χ2v) is 6.88. The van der Waals surface area contributed by atoms with Crippen molar-refractivity contribution < 1.29 is 13.5 Å². The van der Waals surface area contributed by atoms with E-state index in [9.17, 15) is 13.5 Å². The van der Waals surface area contributed by atoms with Crippen LogP contribution in [0.1, 0.15) is 24.0 Å². The molecule has 1 fully saturated rings. The Kier molecular flexibility index (Phi) is 2.71. The molecule has 1 saturated carbocycles. The van der Waals surface area contributed by atoms with Crippen molar-refractivity contribution >= 4 is 9.84 Å². The molecule has 0 radical (unpaired) electrons. The van der Waals surface area contributed by atoms with Gasteiger partial charge in [0.25, 0.3) is 0 Å². The number of sulfone groups is 1. The Morgan fingerprint density at radius 3 is 2.41 bits per heavy atom. The van der Waals surface area contributed by atoms with Crippen LogP contribution in [0.2, 0.25) is 0 Å². The lowest BCUT2D eigenvalue weighted by Gasteiger charge is -2.18. The van der Waals surface area contributed by atoms with E-state index < -0.39 is 9.84 Å². The molecule has 0 heterocycles. The average Bonchev–Trinajstić information content (AvgIpc) is 3.00. The number of phenols is 1. The Balaban J connectivity index is 2.69. The van der Waals surface area contributed by atoms with E-state index in [0.29, 0.717) is 22.6 Å². The van der Waals surface area contributed by atoms with Crippen LogP contribution in [-0.4, -0.2) is 26.3 Å². The summed E-state index contributed by atoms with van der Waals surface area (Å²) in [7, 11) is -3.29. The van der Waals surface area contributed by atoms with Crippen LogP contribution >= 0.6 is 0 Å². The van der Waals surface area contributed by atoms with Gasteiger partial charge in [0.2, 0.25) is 0 Å². The molecule has 1 aliphatic rings. The van der Waals surface area contributed by atoms with E-state index in [4.69, 9.17) is 5.73 Å². The van der Waals surface area contributed by atoms with Gasteiger partial charge in [-0.05, 0) is 43.0 Å². The summed E-state index contributed by atoms with van der Waals surface area (Å²) in [6, 6.07) is 3.10. The minimum Gasteiger partial charge on any atom is -0.508 e. The van der Waals surface area contributed by atoms with Crippen LogP contribution in [0.3, 0.4) is 0 Å². The number of hydrogen-bond acceptors (Lipinski definition) is 4. The summed E-state index contributed by atoms with van der Waals surface area (Å²) < 4.78 is 23.6. The molecule has 1 aliphatic carbocycles. The molecule has 0 aliphatic heterocycles. The van der Waals surface area contributed by atoms with Crippen LogP contribution in [0, 0.1) is 6.92 Å². The standard InChI is InChI=1S/C12H17NO3S/c1-8-5-11(17(2,15)16)9(6-10(8)14)12(7-13)3-4-12/h5-6,14H,3-4,7,13H2,1-2H3. The van der Waals surface area contributed by atoms with E-state index in [-0.39, 0.29) is 11.2 Å². The van der Waals surface area contributed by atoms with Gasteiger partial charge in [0.15, 0.2) is 9.84 Å². The number of hydrogen-bond donors (Lipinski definition) is 2. The highest BCUT2D eigenvalue weighted by Gasteiger charge is 2.45. The second-order valence-electron chi connectivity index (χ2n) is 4.89. The molecule has 0 unspecified atom stereocenters. The van der Waals surface area contributed by atoms with Gasteiger partial charge in [-0.15, -0.1) is 0 Å². The fourth-order valence-electron chi connectivity index (χ4n) is 2.13. The summed E-state index contributed by atoms with van der Waals surface area (Å²) in [6.07, 6.45) is 2.96. The Morgan fingerprint density at radius 2 is 2.00 bits per heavy atom. The maximum Gasteiger partial charge on any atom is 0.175 e. The van der Waals surface area contributed by atoms with Crippen LogP contribution in [0.25, 0.3) is 0 Å². The minimum absolute atomic E-state index is 0.132. The largest absolute Gasteiger partial charge is 0.508 e. The molecule has 94 valence electrons. The molecule has 1 aromatic carbocycles. The molecule has 2 rings (SSSR count). The Hall–Kier alpha value is -1.07. The molecule has 5 heteroatoms. The fraction of sp³-hybridized carbons (Fsp3) is 0.500. The molecule has 0 amide bonds. The smallest absolute Gasteiger partial charge is 0.175 e. The van der Waals surface area contributed by atoms with Gasteiger partial charge in [-0.25, -0.2) is 8.42 Å². The van der Waals surface area contributed by atoms with Gasteiger partial charge in [-0.3, -0.25) is 0 Å². The third-order valence-corrected chi connectivity index (χ3v) is 4.65. The maximum absolute atomic E-state index is 11.8. The van der Waals surface area contributed by atoms with Gasteiger partial charge in [-0.2, -0.15) is 0 Å². The lowest BCUT2D eigenvalue weighted by atomic mass is 9.94. The zero-order chi connectivity index (χ0) is 12.8. The summed E-state index contributed by atoms with van der Waals surface area (Å²) in [5, 5.41) is 9.74. The van der Waals surface area contributed by atoms with Gasteiger partial charge >= 0.3 is 0 Å². The van der Waals surface area contributed by atoms with Crippen molar-refractivity contribution in [2.75, 3.05) is 12.8 Å². The van der Waals surface area contributed by atoms with E-state index in [1.165, 1.54) is 12.3 Å². The quantitative estimate of drug-likeness (QED) is 0.847. The molecule has 0 spiro atoms. The molecular formula is C12H17NO3S. The van der Waals surface area contributed by atoms with Gasteiger partial charge in [-0.1, -0.05) is 0 Å². The third kappa shape index (κ3) is 2.05. The maximum atomic E-state index is 11.8. The zero-order valence-corrected chi connectivity index (χ0v) is 10.8. The van der Waals surface area contributed by atoms with Crippen molar-refractivity contribution in [1.29, 1.82) is 0 Å². The molecular weight excluding hydrogens is 238 g/mol. The Morgan fingerprint density at radius 1 is 1.41 bits per heavy atom. The van der Waals surface area contributed by atoms with Gasteiger partial charge in [0.05, 0.1) is 4.90 Å². The predicted molar refractivity (Wildman–Crippen MR) is 65.9 cm³/mol. The molecule has 17 heavy (non-hydrogen) atoms. The first-order valence-electron chi connectivity index (χ1n) is 5.54. The monoisotopic (exact) mass is 255 g/mol. The van der Waals surface area contributed by atoms with Crippen LogP contribution in [0.5, 0.6) is 5.75 Å². The second kappa shape index (κ2) is 3.71. The lowest BCUT2D eigenvalue weighted by Crippen LogP contribution is -2.22. The van der Waals surface area contributed by atoms with Crippen molar-refractivity contribution in [2.24, 2.45) is 5.73 Å². The van der Waals surface area contributed by atoms with E-state index in [0.717, 1.165) is 12.8 Å². The number of aromatic hydroxyl groups is 1. The Labute approximate surface area is 101 Å². The first-order valence-corrected chi connectivity index (χ1v) is 7.43. The minimum atomic E-state index is -3.29. The van der Waals surface area contributed by atoms with E-state index in [1.54, 1.807) is 13.0 Å². The molecule has 0 atom stereocenters. The van der Waals surface area contributed by atoms with Crippen molar-refractivity contribution in [3.8, 4) is 5.75 Å². The first kappa shape index (κ1) is 12.4. The number of rotatable bonds is 3. The molecule has 3 N–H and O–H groups in total. The predicted octanol–water partition coefficient (Wildman–Crippen LogP) is 1.09. The topological polar surface area (TPSA) is 80.4 Å². The van der Waals surface area contributed by atoms with Crippen molar-refractivity contribution in [3.05, 3.63) is 23.3 Å². The summed E-state index contributed by atoms with van der Waals surface area (Å²) in [6.45, 7) is 2.10. The molecule has 0 bridgehead atoms. The number of nitrogens with two attached hydrogens (primary N) is 1. The van der Waals surface area contributed by atoms with Gasteiger partial charge < -0.3 is 10.8 Å². The van der Waals surface area contributed by atoms with Gasteiger partial charge in [0, 0.05) is 18.2 Å². The third-order valence-electron chi connectivity index (χ3n) is 3.51. The SMILES string of the molecule is Cc1cc(S(C)(=O)=O)c(C2(CN)CC2)cc1O. The van der Waals surface area contributed by atoms with Crippen molar-refractivity contribution in [2.45, 2.75) is 30.1 Å². The zero-order valence-electron chi connectivity index (χ0n) is 10.0. The van der Waals surface area contributed by atoms with Crippen LogP contribution < -0.4 is 5.73 Å². The number of aryl methyl sites for hydroxylation is 1. The summed E-state index contributed by atoms with van der Waals surface area (Å²) in [5.74, 6) is 0.132. The summed E-state index contributed by atoms with van der Waals surface area (Å²) in [5.41, 5.74) is 6.72. The molecule has 0 aromatic heterocycles. The van der Waals surface area contributed by atoms with Gasteiger partial charge in [0.1, 0.15) is 5.75 Å². The first-order chi connectivity index (χ1) is 7.80. The van der Waals surface area contributed by atoms with Crippen molar-refractivity contribution in [1.82, 2.24) is 0 Å². The van der Waals surface area contributed by atoms with Crippen LogP contribution in [-0.2, 0) is 15.3 Å². The molecule has 0 saturated heterocycles. The fourth-order valence-corrected chi connectivity index (χ4v) is 3.19. The van der Waals surface area contributed by atoms with E-state index in [2.05, 4.69) is 0 Å². The highest BCUT2D eigenvalue weighted by Crippen LogP contribution is 2.50. The normalized spacial score (nSPS) is 18.1. The summed E-state index contributed by atoms with van der Waals surface area (Å²) in [4.78, 5) is 0.302. The Bertz CT molecular complexity index is 559. The highest BCUT2D eigenvalue weighted by molar-refractivity contribution is 7.90. The lowest BCUT2D eigenvalue weighted by molar-refractivity contribution is 0.467. The van der Waals surface area contributed by atoms with E-state index >= 15 is 0 Å². The number of benzene rings is 1. The molecule has 1 aromatic rings. The van der Waals surface area contributed by atoms with Crippen LogP contribution in [0.4, 0.5) is 0 Å².